The van der Waals surface area contributed by atoms with Crippen molar-refractivity contribution in [2.75, 3.05) is 7.11 Å². The number of carboxylic acids is 1. The summed E-state index contributed by atoms with van der Waals surface area (Å²) in [6.07, 6.45) is 0. The highest BCUT2D eigenvalue weighted by Gasteiger charge is 2.18. The molecule has 0 atom stereocenters. The predicted molar refractivity (Wildman–Crippen MR) is 52.3 cm³/mol. The summed E-state index contributed by atoms with van der Waals surface area (Å²) in [5.74, 6) is -2.14. The van der Waals surface area contributed by atoms with Gasteiger partial charge in [0.15, 0.2) is 5.58 Å². The Balaban J connectivity index is 2.65. The number of ether oxygens (including phenoxy) is 1. The van der Waals surface area contributed by atoms with E-state index in [2.05, 4.69) is 9.72 Å². The van der Waals surface area contributed by atoms with E-state index in [0.29, 0.717) is 5.52 Å². The van der Waals surface area contributed by atoms with Crippen molar-refractivity contribution in [1.82, 2.24) is 4.98 Å². The van der Waals surface area contributed by atoms with E-state index in [9.17, 15) is 9.59 Å². The molecule has 0 aliphatic rings. The lowest BCUT2D eigenvalue weighted by atomic mass is 10.2. The molecule has 2 rings (SSSR count). The lowest BCUT2D eigenvalue weighted by Crippen LogP contribution is -2.00. The summed E-state index contributed by atoms with van der Waals surface area (Å²) in [6.45, 7) is 0. The molecule has 0 unspecified atom stereocenters. The maximum Gasteiger partial charge on any atom is 0.394 e. The standard InChI is InChI=1S/C10H7NO5/c1-15-10(14)8-11-6-4-2-3-5(9(12)13)7(6)16-8/h2-4H,1H3,(H,12,13). The first-order valence-corrected chi connectivity index (χ1v) is 4.34. The number of para-hydroxylation sites is 1. The zero-order valence-corrected chi connectivity index (χ0v) is 8.26. The third-order valence-electron chi connectivity index (χ3n) is 2.01. The van der Waals surface area contributed by atoms with Gasteiger partial charge in [0.1, 0.15) is 11.1 Å². The molecule has 0 radical (unpaired) electrons. The molecule has 82 valence electrons. The lowest BCUT2D eigenvalue weighted by Gasteiger charge is -1.93. The fraction of sp³-hybridized carbons (Fsp3) is 0.100. The molecule has 0 amide bonds. The van der Waals surface area contributed by atoms with Crippen molar-refractivity contribution in [3.8, 4) is 0 Å². The fourth-order valence-corrected chi connectivity index (χ4v) is 1.29. The van der Waals surface area contributed by atoms with Crippen LogP contribution < -0.4 is 0 Å². The Morgan fingerprint density at radius 3 is 2.81 bits per heavy atom. The number of oxazole rings is 1. The van der Waals surface area contributed by atoms with Crippen LogP contribution in [0.5, 0.6) is 0 Å². The zero-order chi connectivity index (χ0) is 11.7. The first kappa shape index (κ1) is 10.2. The van der Waals surface area contributed by atoms with Gasteiger partial charge in [-0.15, -0.1) is 0 Å². The van der Waals surface area contributed by atoms with Crippen molar-refractivity contribution in [3.05, 3.63) is 29.7 Å². The van der Waals surface area contributed by atoms with Crippen molar-refractivity contribution in [2.24, 2.45) is 0 Å². The van der Waals surface area contributed by atoms with Gasteiger partial charge in [0.05, 0.1) is 7.11 Å². The molecule has 1 heterocycles. The zero-order valence-electron chi connectivity index (χ0n) is 8.26. The van der Waals surface area contributed by atoms with E-state index in [0.717, 1.165) is 0 Å². The summed E-state index contributed by atoms with van der Waals surface area (Å²) in [5.41, 5.74) is 0.329. The Bertz CT molecular complexity index is 572. The van der Waals surface area contributed by atoms with Gasteiger partial charge >= 0.3 is 17.8 Å². The Labute approximate surface area is 89.5 Å². The summed E-state index contributed by atoms with van der Waals surface area (Å²) in [4.78, 5) is 25.8. The van der Waals surface area contributed by atoms with Gasteiger partial charge in [0, 0.05) is 0 Å². The number of rotatable bonds is 2. The third kappa shape index (κ3) is 1.50. The molecular weight excluding hydrogens is 214 g/mol. The molecule has 1 N–H and O–H groups in total. The first-order valence-electron chi connectivity index (χ1n) is 4.34. The summed E-state index contributed by atoms with van der Waals surface area (Å²) in [5, 5.41) is 8.88. The predicted octanol–water partition coefficient (Wildman–Crippen LogP) is 1.31. The quantitative estimate of drug-likeness (QED) is 0.769. The van der Waals surface area contributed by atoms with E-state index < -0.39 is 11.9 Å². The number of fused-ring (bicyclic) bond motifs is 1. The van der Waals surface area contributed by atoms with Crippen LogP contribution in [0.4, 0.5) is 0 Å². The second kappa shape index (κ2) is 3.65. The Morgan fingerprint density at radius 1 is 1.44 bits per heavy atom. The number of hydrogen-bond acceptors (Lipinski definition) is 5. The number of carbonyl (C=O) groups excluding carboxylic acids is 1. The number of methoxy groups -OCH3 is 1. The van der Waals surface area contributed by atoms with Crippen molar-refractivity contribution >= 4 is 23.0 Å². The molecule has 0 spiro atoms. The number of esters is 1. The van der Waals surface area contributed by atoms with E-state index in [4.69, 9.17) is 9.52 Å². The van der Waals surface area contributed by atoms with E-state index >= 15 is 0 Å². The molecule has 0 saturated carbocycles. The van der Waals surface area contributed by atoms with Gasteiger partial charge in [-0.3, -0.25) is 0 Å². The highest BCUT2D eigenvalue weighted by atomic mass is 16.5. The van der Waals surface area contributed by atoms with Crippen molar-refractivity contribution < 1.29 is 23.8 Å². The van der Waals surface area contributed by atoms with Crippen molar-refractivity contribution in [1.29, 1.82) is 0 Å². The molecule has 0 saturated heterocycles. The SMILES string of the molecule is COC(=O)c1nc2cccc(C(=O)O)c2o1. The first-order chi connectivity index (χ1) is 7.63. The number of carboxylic acid groups (broad SMARTS) is 1. The van der Waals surface area contributed by atoms with Crippen molar-refractivity contribution in [2.45, 2.75) is 0 Å². The second-order valence-corrected chi connectivity index (χ2v) is 2.97. The van der Waals surface area contributed by atoms with E-state index in [1.165, 1.54) is 19.2 Å². The molecule has 0 fully saturated rings. The number of hydrogen-bond donors (Lipinski definition) is 1. The maximum absolute atomic E-state index is 11.1. The molecular formula is C10H7NO5. The number of aromatic carboxylic acids is 1. The maximum atomic E-state index is 11.1. The van der Waals surface area contributed by atoms with Crippen LogP contribution in [-0.2, 0) is 4.74 Å². The summed E-state index contributed by atoms with van der Waals surface area (Å²) < 4.78 is 9.47. The Hall–Kier alpha value is -2.37. The minimum Gasteiger partial charge on any atom is -0.478 e. The third-order valence-corrected chi connectivity index (χ3v) is 2.01. The molecule has 0 aliphatic carbocycles. The molecule has 1 aromatic heterocycles. The smallest absolute Gasteiger partial charge is 0.394 e. The number of nitrogens with zero attached hydrogens (tertiary/aromatic N) is 1. The van der Waals surface area contributed by atoms with Gasteiger partial charge in [-0.2, -0.15) is 0 Å². The lowest BCUT2D eigenvalue weighted by molar-refractivity contribution is 0.0556. The van der Waals surface area contributed by atoms with Crippen LogP contribution in [0.3, 0.4) is 0 Å². The average molecular weight is 221 g/mol. The minimum absolute atomic E-state index is 0.0415. The van der Waals surface area contributed by atoms with E-state index in [1.54, 1.807) is 6.07 Å². The summed E-state index contributed by atoms with van der Waals surface area (Å²) in [7, 11) is 1.19. The Morgan fingerprint density at radius 2 is 2.19 bits per heavy atom. The van der Waals surface area contributed by atoms with Crippen molar-refractivity contribution in [3.63, 3.8) is 0 Å². The average Bonchev–Trinajstić information content (AvgIpc) is 2.70. The van der Waals surface area contributed by atoms with Crippen LogP contribution in [0.25, 0.3) is 11.1 Å². The largest absolute Gasteiger partial charge is 0.478 e. The number of aromatic nitrogens is 1. The van der Waals surface area contributed by atoms with Gasteiger partial charge < -0.3 is 14.3 Å². The van der Waals surface area contributed by atoms with Crippen LogP contribution >= 0.6 is 0 Å². The topological polar surface area (TPSA) is 89.6 Å². The van der Waals surface area contributed by atoms with E-state index in [-0.39, 0.29) is 17.0 Å². The number of carbonyl (C=O) groups is 2. The molecule has 6 heteroatoms. The normalized spacial score (nSPS) is 10.3. The highest BCUT2D eigenvalue weighted by molar-refractivity contribution is 6.01. The van der Waals surface area contributed by atoms with Crippen LogP contribution in [-0.4, -0.2) is 29.1 Å². The summed E-state index contributed by atoms with van der Waals surface area (Å²) >= 11 is 0. The molecule has 1 aromatic carbocycles. The summed E-state index contributed by atoms with van der Waals surface area (Å²) in [6, 6.07) is 4.45. The molecule has 2 aromatic rings. The Kier molecular flexibility index (Phi) is 2.32. The highest BCUT2D eigenvalue weighted by Crippen LogP contribution is 2.20. The van der Waals surface area contributed by atoms with Crippen LogP contribution in [0, 0.1) is 0 Å². The minimum atomic E-state index is -1.14. The van der Waals surface area contributed by atoms with Gasteiger partial charge in [0.25, 0.3) is 0 Å². The van der Waals surface area contributed by atoms with Crippen LogP contribution in [0.2, 0.25) is 0 Å². The van der Waals surface area contributed by atoms with Gasteiger partial charge in [-0.05, 0) is 12.1 Å². The monoisotopic (exact) mass is 221 g/mol. The van der Waals surface area contributed by atoms with Gasteiger partial charge in [0.2, 0.25) is 0 Å². The fourth-order valence-electron chi connectivity index (χ4n) is 1.29. The molecule has 16 heavy (non-hydrogen) atoms. The second-order valence-electron chi connectivity index (χ2n) is 2.97. The van der Waals surface area contributed by atoms with E-state index in [1.807, 2.05) is 0 Å². The number of benzene rings is 1. The molecule has 0 bridgehead atoms. The van der Waals surface area contributed by atoms with Crippen LogP contribution in [0.1, 0.15) is 21.0 Å². The van der Waals surface area contributed by atoms with Gasteiger partial charge in [-0.1, -0.05) is 6.07 Å². The molecule has 6 nitrogen and oxygen atoms in total. The van der Waals surface area contributed by atoms with Gasteiger partial charge in [-0.25, -0.2) is 14.6 Å². The molecule has 0 aliphatic heterocycles. The van der Waals surface area contributed by atoms with Crippen LogP contribution in [0.15, 0.2) is 22.6 Å².